The molecule has 0 amide bonds. The Kier molecular flexibility index (Phi) is 4.46. The summed E-state index contributed by atoms with van der Waals surface area (Å²) >= 11 is 5.72. The molecule has 0 aromatic heterocycles. The van der Waals surface area contributed by atoms with Crippen molar-refractivity contribution in [3.8, 4) is 0 Å². The van der Waals surface area contributed by atoms with Crippen molar-refractivity contribution in [3.63, 3.8) is 0 Å². The lowest BCUT2D eigenvalue weighted by molar-refractivity contribution is -0.385. The molecule has 0 unspecified atom stereocenters. The van der Waals surface area contributed by atoms with Crippen molar-refractivity contribution in [1.29, 1.82) is 0 Å². The van der Waals surface area contributed by atoms with Crippen LogP contribution in [-0.4, -0.2) is 23.4 Å². The molecule has 0 fully saturated rings. The number of likely N-dealkylation sites (N-methyl/N-ethyl adjacent to an activating group) is 1. The highest BCUT2D eigenvalue weighted by atomic mass is 35.5. The summed E-state index contributed by atoms with van der Waals surface area (Å²) in [6.07, 6.45) is 1.75. The molecular weight excluding hydrogens is 228 g/mol. The van der Waals surface area contributed by atoms with Crippen molar-refractivity contribution in [2.75, 3.05) is 13.6 Å². The predicted molar refractivity (Wildman–Crippen MR) is 64.6 cm³/mol. The zero-order valence-electron chi connectivity index (χ0n) is 9.02. The number of hydrogen-bond donors (Lipinski definition) is 0. The van der Waals surface area contributed by atoms with E-state index in [0.717, 1.165) is 0 Å². The Balaban J connectivity index is 2.94. The van der Waals surface area contributed by atoms with Gasteiger partial charge in [-0.3, -0.25) is 15.0 Å². The summed E-state index contributed by atoms with van der Waals surface area (Å²) in [6, 6.07) is 4.71. The Morgan fingerprint density at radius 1 is 1.62 bits per heavy atom. The Morgan fingerprint density at radius 2 is 2.31 bits per heavy atom. The fraction of sp³-hybridized carbons (Fsp3) is 0.273. The first-order valence-electron chi connectivity index (χ1n) is 4.77. The van der Waals surface area contributed by atoms with Gasteiger partial charge in [0, 0.05) is 29.7 Å². The van der Waals surface area contributed by atoms with Crippen LogP contribution in [0.1, 0.15) is 5.56 Å². The van der Waals surface area contributed by atoms with Crippen molar-refractivity contribution in [3.05, 3.63) is 51.6 Å². The largest absolute Gasteiger partial charge is 0.298 e. The monoisotopic (exact) mass is 240 g/mol. The van der Waals surface area contributed by atoms with E-state index in [0.29, 0.717) is 23.7 Å². The number of halogens is 1. The minimum Gasteiger partial charge on any atom is -0.298 e. The molecule has 0 aliphatic carbocycles. The third kappa shape index (κ3) is 3.32. The van der Waals surface area contributed by atoms with Gasteiger partial charge in [-0.05, 0) is 19.2 Å². The van der Waals surface area contributed by atoms with E-state index < -0.39 is 4.92 Å². The van der Waals surface area contributed by atoms with E-state index in [4.69, 9.17) is 11.6 Å². The maximum atomic E-state index is 10.8. The van der Waals surface area contributed by atoms with E-state index in [-0.39, 0.29) is 5.69 Å². The molecule has 1 aromatic carbocycles. The molecule has 0 heterocycles. The van der Waals surface area contributed by atoms with Crippen LogP contribution in [0.25, 0.3) is 0 Å². The molecule has 16 heavy (non-hydrogen) atoms. The Bertz CT molecular complexity index is 407. The van der Waals surface area contributed by atoms with Gasteiger partial charge < -0.3 is 0 Å². The number of benzene rings is 1. The highest BCUT2D eigenvalue weighted by Gasteiger charge is 2.14. The molecule has 0 atom stereocenters. The molecule has 0 aliphatic heterocycles. The van der Waals surface area contributed by atoms with Crippen LogP contribution in [0, 0.1) is 10.1 Å². The minimum absolute atomic E-state index is 0.0587. The van der Waals surface area contributed by atoms with E-state index in [2.05, 4.69) is 6.58 Å². The highest BCUT2D eigenvalue weighted by molar-refractivity contribution is 6.30. The number of nitro benzene ring substituents is 1. The lowest BCUT2D eigenvalue weighted by Gasteiger charge is -2.14. The average Bonchev–Trinajstić information content (AvgIpc) is 2.20. The summed E-state index contributed by atoms with van der Waals surface area (Å²) in [5, 5.41) is 11.2. The lowest BCUT2D eigenvalue weighted by Crippen LogP contribution is -2.18. The van der Waals surface area contributed by atoms with Crippen LogP contribution < -0.4 is 0 Å². The van der Waals surface area contributed by atoms with E-state index in [1.807, 2.05) is 11.9 Å². The van der Waals surface area contributed by atoms with Crippen LogP contribution in [0.5, 0.6) is 0 Å². The molecule has 0 aliphatic rings. The number of nitro groups is 1. The first-order chi connectivity index (χ1) is 7.54. The number of rotatable bonds is 5. The smallest absolute Gasteiger partial charge is 0.275 e. The van der Waals surface area contributed by atoms with Crippen LogP contribution in [0.3, 0.4) is 0 Å². The summed E-state index contributed by atoms with van der Waals surface area (Å²) in [7, 11) is 1.88. The third-order valence-corrected chi connectivity index (χ3v) is 2.36. The minimum atomic E-state index is -0.414. The molecule has 0 radical (unpaired) electrons. The first-order valence-corrected chi connectivity index (χ1v) is 5.14. The summed E-state index contributed by atoms with van der Waals surface area (Å²) in [5.74, 6) is 0. The summed E-state index contributed by atoms with van der Waals surface area (Å²) in [6.45, 7) is 4.80. The lowest BCUT2D eigenvalue weighted by atomic mass is 10.1. The third-order valence-electron chi connectivity index (χ3n) is 2.13. The van der Waals surface area contributed by atoms with E-state index in [1.165, 1.54) is 6.07 Å². The second-order valence-electron chi connectivity index (χ2n) is 3.52. The van der Waals surface area contributed by atoms with Crippen molar-refractivity contribution < 1.29 is 4.92 Å². The molecule has 0 N–H and O–H groups in total. The van der Waals surface area contributed by atoms with Gasteiger partial charge in [0.15, 0.2) is 0 Å². The van der Waals surface area contributed by atoms with Crippen molar-refractivity contribution in [2.45, 2.75) is 6.54 Å². The summed E-state index contributed by atoms with van der Waals surface area (Å²) in [5.41, 5.74) is 0.710. The van der Waals surface area contributed by atoms with Gasteiger partial charge in [0.2, 0.25) is 0 Å². The zero-order valence-corrected chi connectivity index (χ0v) is 9.78. The fourth-order valence-corrected chi connectivity index (χ4v) is 1.58. The Morgan fingerprint density at radius 3 is 2.88 bits per heavy atom. The average molecular weight is 241 g/mol. The van der Waals surface area contributed by atoms with Crippen LogP contribution in [0.15, 0.2) is 30.9 Å². The number of nitrogens with zero attached hydrogens (tertiary/aromatic N) is 2. The topological polar surface area (TPSA) is 46.4 Å². The summed E-state index contributed by atoms with van der Waals surface area (Å²) in [4.78, 5) is 12.3. The molecule has 0 bridgehead atoms. The Hall–Kier alpha value is -1.39. The van der Waals surface area contributed by atoms with Gasteiger partial charge in [-0.1, -0.05) is 17.7 Å². The van der Waals surface area contributed by atoms with Crippen molar-refractivity contribution in [2.24, 2.45) is 0 Å². The van der Waals surface area contributed by atoms with Gasteiger partial charge in [-0.15, -0.1) is 6.58 Å². The van der Waals surface area contributed by atoms with Gasteiger partial charge in [-0.2, -0.15) is 0 Å². The van der Waals surface area contributed by atoms with Crippen LogP contribution >= 0.6 is 11.6 Å². The van der Waals surface area contributed by atoms with Gasteiger partial charge in [0.25, 0.3) is 5.69 Å². The summed E-state index contributed by atoms with van der Waals surface area (Å²) < 4.78 is 0. The Labute approximate surface area is 99.3 Å². The number of hydrogen-bond acceptors (Lipinski definition) is 3. The molecule has 5 heteroatoms. The van der Waals surface area contributed by atoms with Crippen molar-refractivity contribution >= 4 is 17.3 Å². The zero-order chi connectivity index (χ0) is 12.1. The van der Waals surface area contributed by atoms with E-state index >= 15 is 0 Å². The molecule has 4 nitrogen and oxygen atoms in total. The maximum Gasteiger partial charge on any atom is 0.275 e. The fourth-order valence-electron chi connectivity index (χ4n) is 1.42. The van der Waals surface area contributed by atoms with Crippen molar-refractivity contribution in [1.82, 2.24) is 4.90 Å². The molecular formula is C11H13ClN2O2. The second-order valence-corrected chi connectivity index (χ2v) is 3.95. The van der Waals surface area contributed by atoms with Crippen LogP contribution in [0.2, 0.25) is 5.02 Å². The normalized spacial score (nSPS) is 10.4. The SMILES string of the molecule is C=CCN(C)Cc1ccc(Cl)cc1[N+](=O)[O-]. The van der Waals surface area contributed by atoms with Crippen LogP contribution in [-0.2, 0) is 6.54 Å². The second kappa shape index (κ2) is 5.63. The molecule has 0 spiro atoms. The van der Waals surface area contributed by atoms with Gasteiger partial charge in [0.05, 0.1) is 4.92 Å². The molecule has 0 saturated carbocycles. The van der Waals surface area contributed by atoms with Gasteiger partial charge >= 0.3 is 0 Å². The predicted octanol–water partition coefficient (Wildman–Crippen LogP) is 2.87. The molecule has 0 saturated heterocycles. The quantitative estimate of drug-likeness (QED) is 0.452. The van der Waals surface area contributed by atoms with Gasteiger partial charge in [-0.25, -0.2) is 0 Å². The van der Waals surface area contributed by atoms with Gasteiger partial charge in [0.1, 0.15) is 0 Å². The van der Waals surface area contributed by atoms with E-state index in [9.17, 15) is 10.1 Å². The maximum absolute atomic E-state index is 10.8. The van der Waals surface area contributed by atoms with E-state index in [1.54, 1.807) is 18.2 Å². The standard InChI is InChI=1S/C11H13ClN2O2/c1-3-6-13(2)8-9-4-5-10(12)7-11(9)14(15)16/h3-5,7H,1,6,8H2,2H3. The first kappa shape index (κ1) is 12.7. The molecule has 86 valence electrons. The highest BCUT2D eigenvalue weighted by Crippen LogP contribution is 2.24. The molecule has 1 rings (SSSR count). The molecule has 1 aromatic rings. The van der Waals surface area contributed by atoms with Crippen LogP contribution in [0.4, 0.5) is 5.69 Å².